The first-order valence-corrected chi connectivity index (χ1v) is 13.4. The van der Waals surface area contributed by atoms with E-state index in [0.29, 0.717) is 12.4 Å². The third-order valence-electron chi connectivity index (χ3n) is 7.09. The van der Waals surface area contributed by atoms with Gasteiger partial charge in [0.15, 0.2) is 11.5 Å². The van der Waals surface area contributed by atoms with E-state index in [9.17, 15) is 0 Å². The van der Waals surface area contributed by atoms with Crippen molar-refractivity contribution < 1.29 is 9.47 Å². The second-order valence-corrected chi connectivity index (χ2v) is 10.1. The molecule has 0 bridgehead atoms. The average Bonchev–Trinajstić information content (AvgIpc) is 3.37. The minimum atomic E-state index is -0.123. The third-order valence-corrected chi connectivity index (χ3v) is 7.40. The van der Waals surface area contributed by atoms with Gasteiger partial charge < -0.3 is 19.4 Å². The van der Waals surface area contributed by atoms with E-state index in [-0.39, 0.29) is 6.04 Å². The first kappa shape index (κ1) is 25.5. The fourth-order valence-electron chi connectivity index (χ4n) is 4.98. The van der Waals surface area contributed by atoms with Gasteiger partial charge in [-0.15, -0.1) is 0 Å². The van der Waals surface area contributed by atoms with Gasteiger partial charge in [0.05, 0.1) is 55.6 Å². The van der Waals surface area contributed by atoms with Gasteiger partial charge in [-0.05, 0) is 42.1 Å². The number of rotatable bonds is 8. The minimum Gasteiger partial charge on any atom is -0.497 e. The monoisotopic (exact) mass is 543 g/mol. The molecule has 1 N–H and O–H groups in total. The molecular weight excluding hydrogens is 514 g/mol. The number of anilines is 1. The Bertz CT molecular complexity index is 1600. The van der Waals surface area contributed by atoms with Crippen molar-refractivity contribution in [1.29, 1.82) is 0 Å². The highest BCUT2D eigenvalue weighted by Crippen LogP contribution is 2.31. The first-order chi connectivity index (χ1) is 19.1. The van der Waals surface area contributed by atoms with Gasteiger partial charge in [0, 0.05) is 25.0 Å². The second kappa shape index (κ2) is 11.1. The summed E-state index contributed by atoms with van der Waals surface area (Å²) < 4.78 is 12.8. The Labute approximate surface area is 231 Å². The van der Waals surface area contributed by atoms with Crippen molar-refractivity contribution >= 4 is 39.4 Å². The van der Waals surface area contributed by atoms with E-state index in [1.807, 2.05) is 41.0 Å². The lowest BCUT2D eigenvalue weighted by atomic mass is 10.1. The number of ether oxygens (including phenoxy) is 2. The van der Waals surface area contributed by atoms with Crippen LogP contribution < -0.4 is 10.1 Å². The van der Waals surface area contributed by atoms with Crippen molar-refractivity contribution in [1.82, 2.24) is 29.4 Å². The molecule has 0 aliphatic carbocycles. The van der Waals surface area contributed by atoms with E-state index in [2.05, 4.69) is 44.2 Å². The molecule has 1 fully saturated rings. The van der Waals surface area contributed by atoms with E-state index >= 15 is 0 Å². The number of nitrogens with zero attached hydrogens (tertiary/aromatic N) is 6. The largest absolute Gasteiger partial charge is 0.497 e. The van der Waals surface area contributed by atoms with Crippen LogP contribution in [0.25, 0.3) is 21.9 Å². The number of halogens is 1. The number of hydrogen-bond acceptors (Lipinski definition) is 8. The lowest BCUT2D eigenvalue weighted by Crippen LogP contribution is -2.36. The average molecular weight is 544 g/mol. The van der Waals surface area contributed by atoms with Crippen LogP contribution in [0.3, 0.4) is 0 Å². The van der Waals surface area contributed by atoms with Crippen LogP contribution in [0, 0.1) is 0 Å². The first-order valence-electron chi connectivity index (χ1n) is 13.0. The number of nitrogens with one attached hydrogen (secondary N) is 1. The van der Waals surface area contributed by atoms with Crippen LogP contribution in [0.5, 0.6) is 5.75 Å². The molecule has 4 heterocycles. The summed E-state index contributed by atoms with van der Waals surface area (Å²) in [6.07, 6.45) is 3.37. The van der Waals surface area contributed by atoms with Gasteiger partial charge in [0.2, 0.25) is 0 Å². The Morgan fingerprint density at radius 1 is 1.05 bits per heavy atom. The van der Waals surface area contributed by atoms with Crippen LogP contribution in [0.2, 0.25) is 5.02 Å². The molecule has 1 aliphatic rings. The highest BCUT2D eigenvalue weighted by molar-refractivity contribution is 6.35. The maximum Gasteiger partial charge on any atom is 0.165 e. The molecule has 0 radical (unpaired) electrons. The van der Waals surface area contributed by atoms with E-state index in [1.54, 1.807) is 19.8 Å². The molecule has 1 atom stereocenters. The standard InChI is InChI=1S/C29H30ClN7O2/c1-19(24-14-21-4-3-5-23(30)26(21)25(35-24)16-36-10-12-39-13-11-36)34-28-27-29(32-17-31-28)37(18-33-27)15-20-6-8-22(38-2)9-7-20/h3-9,14,17-19H,10-13,15-16H2,1-2H3,(H,31,32,34). The zero-order valence-electron chi connectivity index (χ0n) is 22.0. The van der Waals surface area contributed by atoms with E-state index in [0.717, 1.165) is 82.5 Å². The normalized spacial score (nSPS) is 15.1. The van der Waals surface area contributed by atoms with Gasteiger partial charge in [0.1, 0.15) is 17.6 Å². The highest BCUT2D eigenvalue weighted by Gasteiger charge is 2.19. The van der Waals surface area contributed by atoms with E-state index in [4.69, 9.17) is 26.1 Å². The molecule has 200 valence electrons. The Morgan fingerprint density at radius 2 is 1.87 bits per heavy atom. The lowest BCUT2D eigenvalue weighted by Gasteiger charge is -2.27. The number of methoxy groups -OCH3 is 1. The lowest BCUT2D eigenvalue weighted by molar-refractivity contribution is 0.0338. The maximum atomic E-state index is 6.65. The predicted octanol–water partition coefficient (Wildman–Crippen LogP) is 5.09. The number of fused-ring (bicyclic) bond motifs is 2. The van der Waals surface area contributed by atoms with E-state index in [1.165, 1.54) is 0 Å². The van der Waals surface area contributed by atoms with Gasteiger partial charge in [-0.3, -0.25) is 9.88 Å². The van der Waals surface area contributed by atoms with Crippen molar-refractivity contribution in [3.8, 4) is 5.75 Å². The van der Waals surface area contributed by atoms with Gasteiger partial charge in [0.25, 0.3) is 0 Å². The number of imidazole rings is 1. The molecule has 1 unspecified atom stereocenters. The molecule has 9 nitrogen and oxygen atoms in total. The van der Waals surface area contributed by atoms with Gasteiger partial charge in [-0.2, -0.15) is 0 Å². The molecule has 3 aromatic heterocycles. The Morgan fingerprint density at radius 3 is 2.67 bits per heavy atom. The molecule has 0 spiro atoms. The fraction of sp³-hybridized carbons (Fsp3) is 0.310. The fourth-order valence-corrected chi connectivity index (χ4v) is 5.28. The molecule has 6 rings (SSSR count). The Balaban J connectivity index is 1.28. The summed E-state index contributed by atoms with van der Waals surface area (Å²) in [6, 6.07) is 16.0. The smallest absolute Gasteiger partial charge is 0.165 e. The summed E-state index contributed by atoms with van der Waals surface area (Å²) in [5, 5.41) is 6.32. The number of morpholine rings is 1. The summed E-state index contributed by atoms with van der Waals surface area (Å²) >= 11 is 6.65. The molecule has 10 heteroatoms. The van der Waals surface area contributed by atoms with Crippen molar-refractivity contribution in [3.05, 3.63) is 83.2 Å². The number of aromatic nitrogens is 5. The zero-order chi connectivity index (χ0) is 26.8. The van der Waals surface area contributed by atoms with Crippen molar-refractivity contribution in [3.63, 3.8) is 0 Å². The van der Waals surface area contributed by atoms with Crippen LogP contribution in [-0.2, 0) is 17.8 Å². The van der Waals surface area contributed by atoms with Gasteiger partial charge >= 0.3 is 0 Å². The molecule has 1 aliphatic heterocycles. The molecule has 0 saturated carbocycles. The maximum absolute atomic E-state index is 6.65. The molecule has 39 heavy (non-hydrogen) atoms. The summed E-state index contributed by atoms with van der Waals surface area (Å²) in [5.41, 5.74) is 4.50. The van der Waals surface area contributed by atoms with Gasteiger partial charge in [-0.1, -0.05) is 35.9 Å². The van der Waals surface area contributed by atoms with Crippen LogP contribution >= 0.6 is 11.6 Å². The van der Waals surface area contributed by atoms with Gasteiger partial charge in [-0.25, -0.2) is 15.0 Å². The predicted molar refractivity (Wildman–Crippen MR) is 152 cm³/mol. The quantitative estimate of drug-likeness (QED) is 0.289. The number of pyridine rings is 1. The van der Waals surface area contributed by atoms with Crippen LogP contribution in [0.1, 0.15) is 29.9 Å². The molecule has 5 aromatic rings. The van der Waals surface area contributed by atoms with Crippen LogP contribution in [-0.4, -0.2) is 62.8 Å². The minimum absolute atomic E-state index is 0.123. The Kier molecular flexibility index (Phi) is 7.28. The molecule has 1 saturated heterocycles. The number of hydrogen-bond donors (Lipinski definition) is 1. The van der Waals surface area contributed by atoms with Crippen molar-refractivity contribution in [2.45, 2.75) is 26.1 Å². The molecule has 2 aromatic carbocycles. The third kappa shape index (κ3) is 5.38. The summed E-state index contributed by atoms with van der Waals surface area (Å²) in [7, 11) is 1.67. The summed E-state index contributed by atoms with van der Waals surface area (Å²) in [4.78, 5) is 21.1. The van der Waals surface area contributed by atoms with Crippen molar-refractivity contribution in [2.24, 2.45) is 0 Å². The van der Waals surface area contributed by atoms with Crippen LogP contribution in [0.4, 0.5) is 5.82 Å². The Hall–Kier alpha value is -3.79. The summed E-state index contributed by atoms with van der Waals surface area (Å²) in [6.45, 7) is 6.67. The number of benzene rings is 2. The zero-order valence-corrected chi connectivity index (χ0v) is 22.7. The molecular formula is C29H30ClN7O2. The van der Waals surface area contributed by atoms with E-state index < -0.39 is 0 Å². The van der Waals surface area contributed by atoms with Crippen LogP contribution in [0.15, 0.2) is 61.2 Å². The second-order valence-electron chi connectivity index (χ2n) is 9.70. The SMILES string of the molecule is COc1ccc(Cn2cnc3c(NC(C)c4cc5cccc(Cl)c5c(CN5CCOCC5)n4)ncnc32)cc1. The summed E-state index contributed by atoms with van der Waals surface area (Å²) in [5.74, 6) is 1.50. The van der Waals surface area contributed by atoms with Crippen molar-refractivity contribution in [2.75, 3.05) is 38.7 Å². The molecule has 0 amide bonds. The topological polar surface area (TPSA) is 90.2 Å². The highest BCUT2D eigenvalue weighted by atomic mass is 35.5.